The molecule has 0 spiro atoms. The van der Waals surface area contributed by atoms with Crippen LogP contribution in [-0.2, 0) is 57.0 Å². The largest absolute Gasteiger partial charge is 0.463 e. The zero-order valence-electron chi connectivity index (χ0n) is 33.7. The quantitative estimate of drug-likeness (QED) is 0.0366. The first kappa shape index (κ1) is 50.3. The van der Waals surface area contributed by atoms with Crippen LogP contribution < -0.4 is 0 Å². The highest BCUT2D eigenvalue weighted by molar-refractivity contribution is 7.86. The molecule has 0 saturated carbocycles. The molecule has 0 bridgehead atoms. The molecule has 13 heteroatoms. The van der Waals surface area contributed by atoms with E-state index in [1.165, 1.54) is 95.6 Å². The maximum Gasteiger partial charge on any atom is 0.305 e. The van der Waals surface area contributed by atoms with E-state index in [9.17, 15) is 13.2 Å². The molecule has 0 fully saturated rings. The third kappa shape index (κ3) is 33.6. The van der Waals surface area contributed by atoms with E-state index in [1.54, 1.807) is 12.1 Å². The van der Waals surface area contributed by atoms with Gasteiger partial charge in [-0.05, 0) is 25.5 Å². The van der Waals surface area contributed by atoms with Crippen LogP contribution in [0.5, 0.6) is 0 Å². The van der Waals surface area contributed by atoms with Crippen molar-refractivity contribution in [2.75, 3.05) is 106 Å². The second-order valence-electron chi connectivity index (χ2n) is 13.3. The molecule has 0 aliphatic rings. The lowest BCUT2D eigenvalue weighted by molar-refractivity contribution is -0.145. The maximum atomic E-state index is 12.1. The molecule has 12 nitrogen and oxygen atoms in total. The average molecular weight is 791 g/mol. The van der Waals surface area contributed by atoms with Crippen LogP contribution in [-0.4, -0.2) is 120 Å². The molecule has 0 saturated heterocycles. The zero-order chi connectivity index (χ0) is 39.1. The molecule has 316 valence electrons. The van der Waals surface area contributed by atoms with Crippen molar-refractivity contribution in [2.45, 2.75) is 121 Å². The van der Waals surface area contributed by atoms with Gasteiger partial charge in [-0.15, -0.1) is 0 Å². The van der Waals surface area contributed by atoms with Gasteiger partial charge in [0, 0.05) is 6.42 Å². The van der Waals surface area contributed by atoms with Gasteiger partial charge in [0.2, 0.25) is 0 Å². The molecular weight excluding hydrogens is 717 g/mol. The lowest BCUT2D eigenvalue weighted by Gasteiger charge is -2.09. The third-order valence-corrected chi connectivity index (χ3v) is 9.81. The van der Waals surface area contributed by atoms with Crippen LogP contribution >= 0.6 is 0 Å². The van der Waals surface area contributed by atoms with Gasteiger partial charge in [0.05, 0.1) is 104 Å². The Labute approximate surface area is 327 Å². The monoisotopic (exact) mass is 790 g/mol. The number of rotatable bonds is 42. The number of hydrogen-bond donors (Lipinski definition) is 0. The van der Waals surface area contributed by atoms with E-state index in [-0.39, 0.29) is 30.7 Å². The third-order valence-electron chi connectivity index (χ3n) is 8.48. The first-order chi connectivity index (χ1) is 26.5. The Morgan fingerprint density at radius 3 is 1.13 bits per heavy atom. The Kier molecular flexibility index (Phi) is 35.6. The Morgan fingerprint density at radius 1 is 0.444 bits per heavy atom. The van der Waals surface area contributed by atoms with Gasteiger partial charge in [0.1, 0.15) is 6.61 Å². The molecule has 1 aromatic carbocycles. The lowest BCUT2D eigenvalue weighted by Crippen LogP contribution is -2.15. The molecule has 54 heavy (non-hydrogen) atoms. The van der Waals surface area contributed by atoms with Crippen LogP contribution in [0.15, 0.2) is 29.2 Å². The van der Waals surface area contributed by atoms with Crippen LogP contribution in [0.2, 0.25) is 0 Å². The van der Waals surface area contributed by atoms with Gasteiger partial charge in [-0.2, -0.15) is 8.42 Å². The summed E-state index contributed by atoms with van der Waals surface area (Å²) >= 11 is 0. The topological polar surface area (TPSA) is 134 Å². The van der Waals surface area contributed by atoms with Gasteiger partial charge in [-0.3, -0.25) is 8.98 Å². The van der Waals surface area contributed by atoms with Crippen molar-refractivity contribution < 1.29 is 55.3 Å². The van der Waals surface area contributed by atoms with E-state index in [4.69, 9.17) is 42.1 Å². The minimum atomic E-state index is -3.78. The summed E-state index contributed by atoms with van der Waals surface area (Å²) in [4.78, 5) is 12.0. The Balaban J connectivity index is 1.69. The Bertz CT molecular complexity index is 1050. The number of unbranched alkanes of at least 4 members (excludes halogenated alkanes) is 14. The predicted molar refractivity (Wildman–Crippen MR) is 211 cm³/mol. The molecule has 1 aromatic rings. The highest BCUT2D eigenvalue weighted by atomic mass is 32.2. The first-order valence-electron chi connectivity index (χ1n) is 20.6. The lowest BCUT2D eigenvalue weighted by atomic mass is 10.0. The number of ether oxygens (including phenoxy) is 8. The summed E-state index contributed by atoms with van der Waals surface area (Å²) in [6.45, 7) is 10.1. The number of aryl methyl sites for hydroxylation is 1. The molecular formula is C41H74O12S. The molecule has 0 aliphatic heterocycles. The van der Waals surface area contributed by atoms with Crippen LogP contribution in [0.4, 0.5) is 0 Å². The number of carbonyl (C=O) groups excluding carboxylic acids is 1. The van der Waals surface area contributed by atoms with Crippen molar-refractivity contribution in [1.82, 2.24) is 0 Å². The van der Waals surface area contributed by atoms with Crippen LogP contribution in [0, 0.1) is 6.92 Å². The second-order valence-corrected chi connectivity index (χ2v) is 14.9. The van der Waals surface area contributed by atoms with Crippen molar-refractivity contribution in [3.8, 4) is 0 Å². The van der Waals surface area contributed by atoms with E-state index in [1.807, 2.05) is 6.92 Å². The van der Waals surface area contributed by atoms with Gasteiger partial charge < -0.3 is 37.9 Å². The number of esters is 1. The summed E-state index contributed by atoms with van der Waals surface area (Å²) < 4.78 is 72.6. The number of hydrogen-bond acceptors (Lipinski definition) is 12. The normalized spacial score (nSPS) is 11.7. The van der Waals surface area contributed by atoms with Gasteiger partial charge in [-0.25, -0.2) is 0 Å². The first-order valence-corrected chi connectivity index (χ1v) is 22.0. The van der Waals surface area contributed by atoms with Crippen molar-refractivity contribution in [3.05, 3.63) is 29.8 Å². The summed E-state index contributed by atoms with van der Waals surface area (Å²) in [7, 11) is -3.78. The molecule has 0 aromatic heterocycles. The minimum Gasteiger partial charge on any atom is -0.463 e. The fourth-order valence-corrected chi connectivity index (χ4v) is 6.22. The SMILES string of the molecule is CCCCCCCCCCCCCCCCCC(=O)OCCOCCOCCOCCOCCOCCOCCOCCOS(=O)(=O)c1ccc(C)cc1. The number of carbonyl (C=O) groups is 1. The molecule has 0 aliphatic carbocycles. The summed E-state index contributed by atoms with van der Waals surface area (Å²) in [5.41, 5.74) is 0.975. The van der Waals surface area contributed by atoms with E-state index in [2.05, 4.69) is 6.92 Å². The molecule has 0 unspecified atom stereocenters. The summed E-state index contributed by atoms with van der Waals surface area (Å²) in [6.07, 6.45) is 20.1. The Morgan fingerprint density at radius 2 is 0.759 bits per heavy atom. The van der Waals surface area contributed by atoms with Crippen LogP contribution in [0.3, 0.4) is 0 Å². The highest BCUT2D eigenvalue weighted by Crippen LogP contribution is 2.14. The maximum absolute atomic E-state index is 12.1. The van der Waals surface area contributed by atoms with Gasteiger partial charge in [0.15, 0.2) is 0 Å². The van der Waals surface area contributed by atoms with E-state index in [0.29, 0.717) is 92.3 Å². The Hall–Kier alpha value is -1.68. The van der Waals surface area contributed by atoms with Crippen molar-refractivity contribution >= 4 is 16.1 Å². The van der Waals surface area contributed by atoms with E-state index < -0.39 is 10.1 Å². The van der Waals surface area contributed by atoms with Gasteiger partial charge in [-0.1, -0.05) is 115 Å². The standard InChI is InChI=1S/C41H74O12S/c1-3-4-5-6-7-8-9-10-11-12-13-14-15-16-17-18-41(42)52-37-35-50-33-31-48-29-27-46-25-23-45-24-26-47-28-30-49-32-34-51-36-38-53-54(43,44)40-21-19-39(2)20-22-40/h19-22H,3-18,23-38H2,1-2H3. The van der Waals surface area contributed by atoms with Crippen LogP contribution in [0.25, 0.3) is 0 Å². The fraction of sp³-hybridized carbons (Fsp3) is 0.829. The van der Waals surface area contributed by atoms with Crippen molar-refractivity contribution in [3.63, 3.8) is 0 Å². The average Bonchev–Trinajstić information content (AvgIpc) is 3.16. The summed E-state index contributed by atoms with van der Waals surface area (Å²) in [6, 6.07) is 6.49. The van der Waals surface area contributed by atoms with E-state index in [0.717, 1.165) is 18.4 Å². The molecule has 0 N–H and O–H groups in total. The van der Waals surface area contributed by atoms with Gasteiger partial charge in [0.25, 0.3) is 10.1 Å². The summed E-state index contributed by atoms with van der Waals surface area (Å²) in [5.74, 6) is -0.140. The molecule has 0 amide bonds. The predicted octanol–water partition coefficient (Wildman–Crippen LogP) is 7.62. The minimum absolute atomic E-state index is 0.0602. The molecule has 0 radical (unpaired) electrons. The smallest absolute Gasteiger partial charge is 0.305 e. The second kappa shape index (κ2) is 38.2. The highest BCUT2D eigenvalue weighted by Gasteiger charge is 2.14. The fourth-order valence-electron chi connectivity index (χ4n) is 5.32. The molecule has 0 atom stereocenters. The van der Waals surface area contributed by atoms with Gasteiger partial charge >= 0.3 is 5.97 Å². The molecule has 1 rings (SSSR count). The van der Waals surface area contributed by atoms with Crippen LogP contribution in [0.1, 0.15) is 115 Å². The van der Waals surface area contributed by atoms with Crippen molar-refractivity contribution in [1.29, 1.82) is 0 Å². The molecule has 0 heterocycles. The van der Waals surface area contributed by atoms with Crippen molar-refractivity contribution in [2.24, 2.45) is 0 Å². The number of benzene rings is 1. The van der Waals surface area contributed by atoms with E-state index >= 15 is 0 Å². The summed E-state index contributed by atoms with van der Waals surface area (Å²) in [5, 5.41) is 0. The zero-order valence-corrected chi connectivity index (χ0v) is 34.6.